The molecule has 0 bridgehead atoms. The first-order chi connectivity index (χ1) is 12.2. The predicted octanol–water partition coefficient (Wildman–Crippen LogP) is 2.95. The number of hydrazine groups is 1. The number of rotatable bonds is 5. The first-order valence-electron chi connectivity index (χ1n) is 7.79. The van der Waals surface area contributed by atoms with Crippen molar-refractivity contribution in [2.45, 2.75) is 5.37 Å². The van der Waals surface area contributed by atoms with Crippen molar-refractivity contribution in [3.05, 3.63) is 71.8 Å². The van der Waals surface area contributed by atoms with Crippen molar-refractivity contribution in [1.29, 1.82) is 0 Å². The summed E-state index contributed by atoms with van der Waals surface area (Å²) in [7, 11) is 1.57. The van der Waals surface area contributed by atoms with E-state index in [2.05, 4.69) is 5.43 Å². The quantitative estimate of drug-likeness (QED) is 0.897. The van der Waals surface area contributed by atoms with Crippen molar-refractivity contribution in [2.24, 2.45) is 0 Å². The number of benzene rings is 2. The highest BCUT2D eigenvalue weighted by Gasteiger charge is 2.31. The predicted molar refractivity (Wildman–Crippen MR) is 99.0 cm³/mol. The lowest BCUT2D eigenvalue weighted by Gasteiger charge is -2.22. The minimum atomic E-state index is -0.323. The minimum absolute atomic E-state index is 0.116. The van der Waals surface area contributed by atoms with Crippen LogP contribution in [0.4, 0.5) is 0 Å². The summed E-state index contributed by atoms with van der Waals surface area (Å²) < 4.78 is 5.08. The lowest BCUT2D eigenvalue weighted by atomic mass is 10.2. The third-order valence-electron chi connectivity index (χ3n) is 3.73. The second-order valence-corrected chi connectivity index (χ2v) is 6.51. The van der Waals surface area contributed by atoms with E-state index in [4.69, 9.17) is 4.74 Å². The fourth-order valence-electron chi connectivity index (χ4n) is 2.38. The maximum Gasteiger partial charge on any atom is 0.269 e. The van der Waals surface area contributed by atoms with E-state index >= 15 is 0 Å². The molecule has 1 fully saturated rings. The number of nitrogens with zero attached hydrogens (tertiary/aromatic N) is 1. The van der Waals surface area contributed by atoms with Gasteiger partial charge in [-0.2, -0.15) is 0 Å². The smallest absolute Gasteiger partial charge is 0.269 e. The molecule has 5 nitrogen and oxygen atoms in total. The number of carbonyl (C=O) groups is 2. The second kappa shape index (κ2) is 7.90. The van der Waals surface area contributed by atoms with E-state index in [1.165, 1.54) is 16.8 Å². The molecule has 2 aromatic rings. The van der Waals surface area contributed by atoms with Crippen LogP contribution in [0.5, 0.6) is 5.75 Å². The Morgan fingerprint density at radius 1 is 1.20 bits per heavy atom. The number of nitrogens with one attached hydrogen (secondary N) is 1. The molecule has 1 heterocycles. The van der Waals surface area contributed by atoms with E-state index in [1.54, 1.807) is 31.4 Å². The van der Waals surface area contributed by atoms with Crippen molar-refractivity contribution in [3.63, 3.8) is 0 Å². The Morgan fingerprint density at radius 2 is 1.92 bits per heavy atom. The van der Waals surface area contributed by atoms with Gasteiger partial charge in [-0.05, 0) is 35.9 Å². The van der Waals surface area contributed by atoms with E-state index < -0.39 is 0 Å². The Balaban J connectivity index is 1.69. The lowest BCUT2D eigenvalue weighted by molar-refractivity contribution is -0.129. The summed E-state index contributed by atoms with van der Waals surface area (Å²) in [5.41, 5.74) is 4.21. The van der Waals surface area contributed by atoms with Crippen molar-refractivity contribution in [1.82, 2.24) is 10.4 Å². The lowest BCUT2D eigenvalue weighted by Crippen LogP contribution is -2.46. The minimum Gasteiger partial charge on any atom is -0.497 e. The highest BCUT2D eigenvalue weighted by Crippen LogP contribution is 2.25. The summed E-state index contributed by atoms with van der Waals surface area (Å²) in [5, 5.41) is 1.16. The topological polar surface area (TPSA) is 58.6 Å². The number of carbonyl (C=O) groups excluding carboxylic acids is 2. The van der Waals surface area contributed by atoms with Gasteiger partial charge in [0, 0.05) is 5.56 Å². The van der Waals surface area contributed by atoms with E-state index in [1.807, 2.05) is 42.5 Å². The molecule has 0 aliphatic carbocycles. The van der Waals surface area contributed by atoms with E-state index in [0.29, 0.717) is 17.1 Å². The third-order valence-corrected chi connectivity index (χ3v) is 4.85. The molecule has 2 amide bonds. The van der Waals surface area contributed by atoms with Crippen LogP contribution in [0.2, 0.25) is 0 Å². The Bertz CT molecular complexity index is 775. The molecule has 6 heteroatoms. The fourth-order valence-corrected chi connectivity index (χ4v) is 3.35. The number of hydrogen-bond acceptors (Lipinski definition) is 4. The Morgan fingerprint density at radius 3 is 2.60 bits per heavy atom. The van der Waals surface area contributed by atoms with Crippen LogP contribution in [0.1, 0.15) is 15.9 Å². The highest BCUT2D eigenvalue weighted by atomic mass is 32.2. The molecule has 1 N–H and O–H groups in total. The summed E-state index contributed by atoms with van der Waals surface area (Å²) in [5.74, 6) is 0.575. The van der Waals surface area contributed by atoms with Crippen LogP contribution >= 0.6 is 11.8 Å². The summed E-state index contributed by atoms with van der Waals surface area (Å²) in [4.78, 5) is 24.5. The van der Waals surface area contributed by atoms with Crippen LogP contribution in [-0.2, 0) is 4.79 Å². The fraction of sp³-hybridized carbons (Fsp3) is 0.158. The Kier molecular flexibility index (Phi) is 5.40. The van der Waals surface area contributed by atoms with Crippen molar-refractivity contribution in [2.75, 3.05) is 12.9 Å². The largest absolute Gasteiger partial charge is 0.497 e. The average molecular weight is 354 g/mol. The van der Waals surface area contributed by atoms with E-state index in [9.17, 15) is 9.59 Å². The van der Waals surface area contributed by atoms with Gasteiger partial charge in [-0.3, -0.25) is 15.0 Å². The van der Waals surface area contributed by atoms with Crippen LogP contribution < -0.4 is 10.2 Å². The summed E-state index contributed by atoms with van der Waals surface area (Å²) in [6.45, 7) is 0. The van der Waals surface area contributed by atoms with Gasteiger partial charge >= 0.3 is 0 Å². The van der Waals surface area contributed by atoms with Gasteiger partial charge in [0.15, 0.2) is 0 Å². The molecule has 0 saturated carbocycles. The molecule has 3 rings (SSSR count). The van der Waals surface area contributed by atoms with Gasteiger partial charge < -0.3 is 4.74 Å². The van der Waals surface area contributed by atoms with Gasteiger partial charge in [0.1, 0.15) is 11.1 Å². The zero-order valence-electron chi connectivity index (χ0n) is 13.7. The number of thioether (sulfide) groups is 1. The van der Waals surface area contributed by atoms with E-state index in [0.717, 1.165) is 5.56 Å². The van der Waals surface area contributed by atoms with Gasteiger partial charge in [0.25, 0.3) is 11.8 Å². The van der Waals surface area contributed by atoms with Crippen LogP contribution in [0, 0.1) is 0 Å². The molecule has 0 radical (unpaired) electrons. The van der Waals surface area contributed by atoms with Crippen LogP contribution in [0.25, 0.3) is 6.08 Å². The van der Waals surface area contributed by atoms with Crippen LogP contribution in [0.15, 0.2) is 60.7 Å². The van der Waals surface area contributed by atoms with E-state index in [-0.39, 0.29) is 17.2 Å². The number of ether oxygens (including phenoxy) is 1. The van der Waals surface area contributed by atoms with Gasteiger partial charge in [-0.1, -0.05) is 36.4 Å². The number of amides is 2. The molecule has 1 aliphatic rings. The Labute approximate surface area is 150 Å². The van der Waals surface area contributed by atoms with Crippen molar-refractivity contribution < 1.29 is 14.3 Å². The average Bonchev–Trinajstić information content (AvgIpc) is 3.00. The zero-order chi connectivity index (χ0) is 17.6. The molecule has 1 saturated heterocycles. The van der Waals surface area contributed by atoms with Crippen molar-refractivity contribution >= 4 is 29.7 Å². The summed E-state index contributed by atoms with van der Waals surface area (Å²) >= 11 is 1.48. The van der Waals surface area contributed by atoms with Crippen LogP contribution in [0.3, 0.4) is 0 Å². The van der Waals surface area contributed by atoms with Gasteiger partial charge in [0.05, 0.1) is 12.9 Å². The molecule has 1 aliphatic heterocycles. The maximum absolute atomic E-state index is 12.4. The molecule has 0 spiro atoms. The number of hydrogen-bond donors (Lipinski definition) is 1. The SMILES string of the molecule is COc1ccc(C(=O)NN2C(=O)CSC2C=Cc2ccccc2)cc1. The Hall–Kier alpha value is -2.73. The molecule has 128 valence electrons. The normalized spacial score (nSPS) is 17.1. The van der Waals surface area contributed by atoms with Gasteiger partial charge in [0.2, 0.25) is 0 Å². The standard InChI is InChI=1S/C19H18N2O3S/c1-24-16-10-8-15(9-11-16)19(23)20-21-17(22)13-25-18(21)12-7-14-5-3-2-4-6-14/h2-12,18H,13H2,1H3,(H,20,23). The molecule has 1 atom stereocenters. The zero-order valence-corrected chi connectivity index (χ0v) is 14.5. The van der Waals surface area contributed by atoms with Crippen LogP contribution in [-0.4, -0.2) is 35.1 Å². The first-order valence-corrected chi connectivity index (χ1v) is 8.84. The third kappa shape index (κ3) is 4.22. The number of methoxy groups -OCH3 is 1. The van der Waals surface area contributed by atoms with Gasteiger partial charge in [-0.15, -0.1) is 11.8 Å². The molecule has 1 unspecified atom stereocenters. The monoisotopic (exact) mass is 354 g/mol. The maximum atomic E-state index is 12.4. The summed E-state index contributed by atoms with van der Waals surface area (Å²) in [6, 6.07) is 16.6. The summed E-state index contributed by atoms with van der Waals surface area (Å²) in [6.07, 6.45) is 3.86. The second-order valence-electron chi connectivity index (χ2n) is 5.40. The molecular weight excluding hydrogens is 336 g/mol. The van der Waals surface area contributed by atoms with Crippen molar-refractivity contribution in [3.8, 4) is 5.75 Å². The molecule has 25 heavy (non-hydrogen) atoms. The molecular formula is C19H18N2O3S. The highest BCUT2D eigenvalue weighted by molar-refractivity contribution is 8.01. The molecule has 2 aromatic carbocycles. The first kappa shape index (κ1) is 17.1. The molecule has 0 aromatic heterocycles. The van der Waals surface area contributed by atoms with Gasteiger partial charge in [-0.25, -0.2) is 5.01 Å².